The van der Waals surface area contributed by atoms with E-state index in [0.29, 0.717) is 11.5 Å². The first-order valence-corrected chi connectivity index (χ1v) is 7.07. The molecule has 0 spiro atoms. The molecule has 0 heterocycles. The second kappa shape index (κ2) is 6.61. The molecule has 1 aliphatic carbocycles. The highest BCUT2D eigenvalue weighted by Gasteiger charge is 2.24. The highest BCUT2D eigenvalue weighted by atomic mass is 16.6. The van der Waals surface area contributed by atoms with Crippen molar-refractivity contribution in [2.24, 2.45) is 0 Å². The Balaban J connectivity index is 2.45. The topological polar surface area (TPSA) is 61.8 Å². The van der Waals surface area contributed by atoms with Crippen LogP contribution in [0.2, 0.25) is 0 Å². The molecule has 5 nitrogen and oxygen atoms in total. The molecule has 114 valence electrons. The Bertz CT molecular complexity index is 550. The first kappa shape index (κ1) is 15.4. The van der Waals surface area contributed by atoms with Crippen LogP contribution in [0.4, 0.5) is 0 Å². The van der Waals surface area contributed by atoms with Gasteiger partial charge in [-0.05, 0) is 48.9 Å². The van der Waals surface area contributed by atoms with Crippen molar-refractivity contribution >= 4 is 11.9 Å². The fourth-order valence-corrected chi connectivity index (χ4v) is 2.65. The molecule has 2 rings (SSSR count). The van der Waals surface area contributed by atoms with E-state index in [1.165, 1.54) is 21.0 Å². The Morgan fingerprint density at radius 2 is 1.86 bits per heavy atom. The predicted octanol–water partition coefficient (Wildman–Crippen LogP) is 2.95. The third-order valence-corrected chi connectivity index (χ3v) is 3.50. The molecule has 0 bridgehead atoms. The molecule has 0 unspecified atom stereocenters. The lowest BCUT2D eigenvalue weighted by atomic mass is 10.00. The Hall–Kier alpha value is -2.04. The number of ether oxygens (including phenoxy) is 3. The van der Waals surface area contributed by atoms with Gasteiger partial charge in [-0.2, -0.15) is 0 Å². The van der Waals surface area contributed by atoms with E-state index in [1.54, 1.807) is 6.07 Å². The van der Waals surface area contributed by atoms with Crippen molar-refractivity contribution < 1.29 is 23.8 Å². The molecular weight excluding hydrogens is 272 g/mol. The molecule has 0 radical (unpaired) electrons. The number of fused-ring (bicyclic) bond motifs is 1. The van der Waals surface area contributed by atoms with Crippen LogP contribution in [-0.4, -0.2) is 19.0 Å². The van der Waals surface area contributed by atoms with Crippen molar-refractivity contribution in [2.75, 3.05) is 7.11 Å². The number of carbonyl (C=O) groups is 2. The van der Waals surface area contributed by atoms with Crippen LogP contribution in [0.1, 0.15) is 50.3 Å². The Labute approximate surface area is 124 Å². The number of aryl methyl sites for hydroxylation is 1. The second-order valence-electron chi connectivity index (χ2n) is 5.14. The molecule has 0 aliphatic heterocycles. The van der Waals surface area contributed by atoms with E-state index in [2.05, 4.69) is 0 Å². The van der Waals surface area contributed by atoms with Gasteiger partial charge in [-0.25, -0.2) is 0 Å². The molecule has 0 aromatic heterocycles. The van der Waals surface area contributed by atoms with Crippen LogP contribution in [0.15, 0.2) is 12.1 Å². The monoisotopic (exact) mass is 292 g/mol. The lowest BCUT2D eigenvalue weighted by Crippen LogP contribution is -2.11. The van der Waals surface area contributed by atoms with E-state index in [0.717, 1.165) is 36.8 Å². The van der Waals surface area contributed by atoms with Gasteiger partial charge < -0.3 is 14.2 Å². The lowest BCUT2D eigenvalue weighted by molar-refractivity contribution is -0.147. The number of methoxy groups -OCH3 is 1. The molecule has 0 saturated carbocycles. The molecule has 1 aliphatic rings. The minimum atomic E-state index is -0.411. The molecule has 21 heavy (non-hydrogen) atoms. The van der Waals surface area contributed by atoms with Crippen LogP contribution in [-0.2, 0) is 20.7 Å². The number of carbonyl (C=O) groups excluding carboxylic acids is 2. The first-order chi connectivity index (χ1) is 10.0. The zero-order chi connectivity index (χ0) is 15.4. The van der Waals surface area contributed by atoms with Gasteiger partial charge in [0.05, 0.1) is 7.11 Å². The van der Waals surface area contributed by atoms with Crippen LogP contribution < -0.4 is 9.47 Å². The number of hydrogen-bond acceptors (Lipinski definition) is 5. The number of benzene rings is 1. The summed E-state index contributed by atoms with van der Waals surface area (Å²) < 4.78 is 15.9. The van der Waals surface area contributed by atoms with Gasteiger partial charge in [-0.15, -0.1) is 0 Å². The summed E-state index contributed by atoms with van der Waals surface area (Å²) in [5.74, 6) is 0.166. The highest BCUT2D eigenvalue weighted by Crippen LogP contribution is 2.39. The van der Waals surface area contributed by atoms with Gasteiger partial charge in [0.25, 0.3) is 0 Å². The quantitative estimate of drug-likeness (QED) is 0.487. The van der Waals surface area contributed by atoms with E-state index < -0.39 is 5.97 Å². The van der Waals surface area contributed by atoms with E-state index >= 15 is 0 Å². The molecule has 1 aromatic carbocycles. The van der Waals surface area contributed by atoms with E-state index in [4.69, 9.17) is 14.2 Å². The van der Waals surface area contributed by atoms with Crippen molar-refractivity contribution in [3.8, 4) is 11.5 Å². The normalized spacial score (nSPS) is 17.4. The molecule has 1 aromatic rings. The maximum absolute atomic E-state index is 11.3. The fourth-order valence-electron chi connectivity index (χ4n) is 2.65. The van der Waals surface area contributed by atoms with E-state index in [9.17, 15) is 9.59 Å². The van der Waals surface area contributed by atoms with E-state index in [-0.39, 0.29) is 12.1 Å². The van der Waals surface area contributed by atoms with Crippen LogP contribution in [0.3, 0.4) is 0 Å². The highest BCUT2D eigenvalue weighted by molar-refractivity contribution is 5.71. The van der Waals surface area contributed by atoms with Crippen molar-refractivity contribution in [3.63, 3.8) is 0 Å². The maximum Gasteiger partial charge on any atom is 0.308 e. The number of rotatable bonds is 3. The van der Waals surface area contributed by atoms with Crippen LogP contribution in [0.25, 0.3) is 0 Å². The minimum absolute atomic E-state index is 0.291. The third kappa shape index (κ3) is 3.74. The summed E-state index contributed by atoms with van der Waals surface area (Å²) in [6.45, 7) is 2.75. The van der Waals surface area contributed by atoms with Crippen molar-refractivity contribution in [1.82, 2.24) is 0 Å². The lowest BCUT2D eigenvalue weighted by Gasteiger charge is -2.19. The molecule has 5 heteroatoms. The summed E-state index contributed by atoms with van der Waals surface area (Å²) in [7, 11) is 1.54. The standard InChI is InChI=1S/C16H20O5/c1-10(17)20-14-7-5-4-6-12-8-15(19-3)16(9-13(12)14)21-11(2)18/h8-9,14H,4-7H2,1-3H3/t14-/m1/s1. The van der Waals surface area contributed by atoms with Crippen molar-refractivity contribution in [1.29, 1.82) is 0 Å². The summed E-state index contributed by atoms with van der Waals surface area (Å²) in [4.78, 5) is 22.5. The summed E-state index contributed by atoms with van der Waals surface area (Å²) in [5, 5.41) is 0. The Kier molecular flexibility index (Phi) is 4.83. The van der Waals surface area contributed by atoms with Gasteiger partial charge in [-0.3, -0.25) is 9.59 Å². The van der Waals surface area contributed by atoms with Crippen molar-refractivity contribution in [2.45, 2.75) is 45.6 Å². The van der Waals surface area contributed by atoms with Gasteiger partial charge in [0.15, 0.2) is 11.5 Å². The van der Waals surface area contributed by atoms with Gasteiger partial charge >= 0.3 is 11.9 Å². The molecule has 0 fully saturated rings. The molecule has 0 amide bonds. The predicted molar refractivity (Wildman–Crippen MR) is 76.4 cm³/mol. The van der Waals surface area contributed by atoms with Gasteiger partial charge in [0.1, 0.15) is 6.10 Å². The molecule has 0 saturated heterocycles. The average molecular weight is 292 g/mol. The zero-order valence-electron chi connectivity index (χ0n) is 12.6. The molecule has 1 atom stereocenters. The number of hydrogen-bond donors (Lipinski definition) is 0. The largest absolute Gasteiger partial charge is 0.493 e. The zero-order valence-corrected chi connectivity index (χ0v) is 12.6. The van der Waals surface area contributed by atoms with E-state index in [1.807, 2.05) is 6.07 Å². The SMILES string of the molecule is COc1cc2c(cc1OC(C)=O)[C@H](OC(C)=O)CCCC2. The average Bonchev–Trinajstić information content (AvgIpc) is 2.59. The van der Waals surface area contributed by atoms with Gasteiger partial charge in [-0.1, -0.05) is 0 Å². The maximum atomic E-state index is 11.3. The van der Waals surface area contributed by atoms with Gasteiger partial charge in [0.2, 0.25) is 0 Å². The fraction of sp³-hybridized carbons (Fsp3) is 0.500. The Morgan fingerprint density at radius 3 is 2.48 bits per heavy atom. The van der Waals surface area contributed by atoms with Crippen LogP contribution in [0, 0.1) is 0 Å². The van der Waals surface area contributed by atoms with Gasteiger partial charge in [0, 0.05) is 13.8 Å². The second-order valence-corrected chi connectivity index (χ2v) is 5.14. The Morgan fingerprint density at radius 1 is 1.10 bits per heavy atom. The summed E-state index contributed by atoms with van der Waals surface area (Å²) in [6.07, 6.45) is 3.39. The summed E-state index contributed by atoms with van der Waals surface area (Å²) >= 11 is 0. The summed E-state index contributed by atoms with van der Waals surface area (Å²) in [6, 6.07) is 3.63. The minimum Gasteiger partial charge on any atom is -0.493 e. The third-order valence-electron chi connectivity index (χ3n) is 3.50. The summed E-state index contributed by atoms with van der Waals surface area (Å²) in [5.41, 5.74) is 1.98. The van der Waals surface area contributed by atoms with Crippen LogP contribution >= 0.6 is 0 Å². The smallest absolute Gasteiger partial charge is 0.308 e. The van der Waals surface area contributed by atoms with Crippen molar-refractivity contribution in [3.05, 3.63) is 23.3 Å². The first-order valence-electron chi connectivity index (χ1n) is 7.07. The molecule has 0 N–H and O–H groups in total. The van der Waals surface area contributed by atoms with Crippen LogP contribution in [0.5, 0.6) is 11.5 Å². The molecular formula is C16H20O5. The number of esters is 2.